The van der Waals surface area contributed by atoms with Crippen LogP contribution in [0, 0.1) is 17.3 Å². The van der Waals surface area contributed by atoms with Gasteiger partial charge in [0.2, 0.25) is 0 Å². The molecule has 0 spiro atoms. The first kappa shape index (κ1) is 23.4. The molecule has 0 unspecified atom stereocenters. The van der Waals surface area contributed by atoms with E-state index in [1.54, 1.807) is 0 Å². The quantitative estimate of drug-likeness (QED) is 0.234. The van der Waals surface area contributed by atoms with Crippen LogP contribution in [-0.4, -0.2) is 27.7 Å². The summed E-state index contributed by atoms with van der Waals surface area (Å²) >= 11 is 0. The summed E-state index contributed by atoms with van der Waals surface area (Å²) in [5.41, 5.74) is 0.420. The molecule has 0 heterocycles. The minimum absolute atomic E-state index is 0.219. The van der Waals surface area contributed by atoms with Gasteiger partial charge in [-0.3, -0.25) is 0 Å². The molecule has 1 rings (SSSR count). The fourth-order valence-corrected chi connectivity index (χ4v) is 3.90. The van der Waals surface area contributed by atoms with Gasteiger partial charge in [0, 0.05) is 6.42 Å². The van der Waals surface area contributed by atoms with E-state index >= 15 is 0 Å². The minimum atomic E-state index is -1.92. The van der Waals surface area contributed by atoms with Gasteiger partial charge in [-0.1, -0.05) is 64.3 Å². The Morgan fingerprint density at radius 1 is 1.00 bits per heavy atom. The van der Waals surface area contributed by atoms with E-state index in [4.69, 9.17) is 5.11 Å². The Kier molecular flexibility index (Phi) is 10.7. The van der Waals surface area contributed by atoms with Gasteiger partial charge in [0.05, 0.1) is 6.61 Å². The van der Waals surface area contributed by atoms with Gasteiger partial charge in [-0.2, -0.15) is 0 Å². The van der Waals surface area contributed by atoms with E-state index in [0.717, 1.165) is 24.7 Å². The molecular weight excluding hydrogens is 324 g/mol. The molecule has 3 heteroatoms. The largest absolute Gasteiger partial charge is 0.391 e. The van der Waals surface area contributed by atoms with Crippen LogP contribution in [0.25, 0.3) is 0 Å². The molecule has 1 fully saturated rings. The Hall–Kier alpha value is -0.640. The van der Waals surface area contributed by atoms with Crippen molar-refractivity contribution < 1.29 is 15.3 Å². The molecule has 0 amide bonds. The van der Waals surface area contributed by atoms with E-state index < -0.39 is 12.4 Å². The van der Waals surface area contributed by atoms with Crippen LogP contribution in [0.4, 0.5) is 0 Å². The second kappa shape index (κ2) is 11.9. The molecule has 2 atom stereocenters. The van der Waals surface area contributed by atoms with Gasteiger partial charge in [-0.05, 0) is 62.2 Å². The smallest absolute Gasteiger partial charge is 0.186 e. The topological polar surface area (TPSA) is 60.7 Å². The summed E-state index contributed by atoms with van der Waals surface area (Å²) < 4.78 is 0. The number of hydrogen-bond acceptors (Lipinski definition) is 3. The van der Waals surface area contributed by atoms with Crippen molar-refractivity contribution >= 4 is 0 Å². The number of rotatable bonds is 13. The Morgan fingerprint density at radius 3 is 2.46 bits per heavy atom. The number of aliphatic hydroxyl groups excluding tert-OH is 1. The minimum Gasteiger partial charge on any atom is -0.391 e. The number of allylic oxidation sites excluding steroid dienone is 4. The van der Waals surface area contributed by atoms with Crippen molar-refractivity contribution in [2.24, 2.45) is 17.3 Å². The van der Waals surface area contributed by atoms with Crippen molar-refractivity contribution in [3.8, 4) is 0 Å². The summed E-state index contributed by atoms with van der Waals surface area (Å²) in [5.74, 6) is -0.438. The molecule has 0 aromatic heterocycles. The molecule has 1 aliphatic rings. The van der Waals surface area contributed by atoms with Crippen LogP contribution < -0.4 is 0 Å². The lowest BCUT2D eigenvalue weighted by atomic mass is 9.83. The summed E-state index contributed by atoms with van der Waals surface area (Å²) in [6.07, 6.45) is 21.2. The first-order valence-corrected chi connectivity index (χ1v) is 10.7. The molecule has 1 saturated carbocycles. The Balaban J connectivity index is 2.30. The molecule has 0 aromatic carbocycles. The standard InChI is InChI=1S/C23H42O3/c1-4-5-16-22(2,3)17-11-15-21-14-10-13-20(21)12-8-6-7-9-18-23(25,26)19-24/h6,8,11,15,20-21,24-26H,4-5,7,9-10,12-14,16-19H2,1-3H3/b8-6-,15-11+/t20-,21+/m0/s1. The average Bonchev–Trinajstić information content (AvgIpc) is 3.03. The highest BCUT2D eigenvalue weighted by atomic mass is 16.5. The lowest BCUT2D eigenvalue weighted by Gasteiger charge is -2.23. The Morgan fingerprint density at radius 2 is 1.77 bits per heavy atom. The molecule has 152 valence electrons. The van der Waals surface area contributed by atoms with E-state index in [-0.39, 0.29) is 6.42 Å². The molecule has 0 saturated heterocycles. The molecular formula is C23H42O3. The molecule has 1 aliphatic carbocycles. The summed E-state index contributed by atoms with van der Waals surface area (Å²) in [5, 5.41) is 27.5. The summed E-state index contributed by atoms with van der Waals surface area (Å²) in [6, 6.07) is 0. The molecule has 3 nitrogen and oxygen atoms in total. The zero-order chi connectivity index (χ0) is 19.5. The fourth-order valence-electron chi connectivity index (χ4n) is 3.90. The van der Waals surface area contributed by atoms with Crippen molar-refractivity contribution in [2.75, 3.05) is 6.61 Å². The SMILES string of the molecule is CCCCC(C)(C)C/C=C/[C@H]1CCC[C@@H]1C/C=C\CCCC(O)(O)CO. The van der Waals surface area contributed by atoms with E-state index in [1.807, 2.05) is 0 Å². The van der Waals surface area contributed by atoms with E-state index in [2.05, 4.69) is 45.1 Å². The second-order valence-electron chi connectivity index (χ2n) is 8.99. The summed E-state index contributed by atoms with van der Waals surface area (Å²) in [6.45, 7) is 6.43. The van der Waals surface area contributed by atoms with Crippen LogP contribution in [-0.2, 0) is 0 Å². The van der Waals surface area contributed by atoms with E-state index in [1.165, 1.54) is 44.9 Å². The lowest BCUT2D eigenvalue weighted by molar-refractivity contribution is -0.191. The van der Waals surface area contributed by atoms with Gasteiger partial charge in [0.25, 0.3) is 0 Å². The zero-order valence-electron chi connectivity index (χ0n) is 17.3. The maximum atomic E-state index is 9.35. The van der Waals surface area contributed by atoms with Gasteiger partial charge in [0.15, 0.2) is 5.79 Å². The van der Waals surface area contributed by atoms with Crippen LogP contribution >= 0.6 is 0 Å². The second-order valence-corrected chi connectivity index (χ2v) is 8.99. The maximum Gasteiger partial charge on any atom is 0.186 e. The monoisotopic (exact) mass is 366 g/mol. The Bertz CT molecular complexity index is 423. The Labute approximate surface area is 161 Å². The van der Waals surface area contributed by atoms with Crippen molar-refractivity contribution in [1.29, 1.82) is 0 Å². The van der Waals surface area contributed by atoms with Crippen LogP contribution in [0.2, 0.25) is 0 Å². The molecule has 3 N–H and O–H groups in total. The van der Waals surface area contributed by atoms with E-state index in [9.17, 15) is 10.2 Å². The van der Waals surface area contributed by atoms with Crippen molar-refractivity contribution in [3.63, 3.8) is 0 Å². The van der Waals surface area contributed by atoms with Crippen molar-refractivity contribution in [3.05, 3.63) is 24.3 Å². The van der Waals surface area contributed by atoms with Gasteiger partial charge in [0.1, 0.15) is 0 Å². The molecule has 0 aromatic rings. The predicted molar refractivity (Wildman–Crippen MR) is 110 cm³/mol. The van der Waals surface area contributed by atoms with Gasteiger partial charge < -0.3 is 15.3 Å². The highest BCUT2D eigenvalue weighted by Crippen LogP contribution is 2.36. The normalized spacial score (nSPS) is 22.1. The van der Waals surface area contributed by atoms with Gasteiger partial charge >= 0.3 is 0 Å². The van der Waals surface area contributed by atoms with E-state index in [0.29, 0.717) is 11.8 Å². The van der Waals surface area contributed by atoms with Crippen LogP contribution in [0.1, 0.15) is 91.4 Å². The average molecular weight is 367 g/mol. The molecule has 0 aliphatic heterocycles. The molecule has 0 radical (unpaired) electrons. The third kappa shape index (κ3) is 9.89. The molecule has 0 bridgehead atoms. The highest BCUT2D eigenvalue weighted by molar-refractivity contribution is 4.99. The number of hydrogen-bond donors (Lipinski definition) is 3. The van der Waals surface area contributed by atoms with Crippen molar-refractivity contribution in [2.45, 2.75) is 97.2 Å². The lowest BCUT2D eigenvalue weighted by Crippen LogP contribution is -2.32. The third-order valence-electron chi connectivity index (χ3n) is 5.79. The van der Waals surface area contributed by atoms with Crippen LogP contribution in [0.15, 0.2) is 24.3 Å². The third-order valence-corrected chi connectivity index (χ3v) is 5.79. The first-order valence-electron chi connectivity index (χ1n) is 10.7. The summed E-state index contributed by atoms with van der Waals surface area (Å²) in [7, 11) is 0. The molecule has 26 heavy (non-hydrogen) atoms. The van der Waals surface area contributed by atoms with Gasteiger partial charge in [-0.25, -0.2) is 0 Å². The first-order chi connectivity index (χ1) is 12.3. The maximum absolute atomic E-state index is 9.35. The fraction of sp³-hybridized carbons (Fsp3) is 0.826. The van der Waals surface area contributed by atoms with Gasteiger partial charge in [-0.15, -0.1) is 0 Å². The number of aliphatic hydroxyl groups is 3. The zero-order valence-corrected chi connectivity index (χ0v) is 17.3. The van der Waals surface area contributed by atoms with Crippen molar-refractivity contribution in [1.82, 2.24) is 0 Å². The highest BCUT2D eigenvalue weighted by Gasteiger charge is 2.24. The number of unbranched alkanes of at least 4 members (excludes halogenated alkanes) is 2. The van der Waals surface area contributed by atoms with Crippen LogP contribution in [0.3, 0.4) is 0 Å². The predicted octanol–water partition coefficient (Wildman–Crippen LogP) is 5.36. The van der Waals surface area contributed by atoms with Crippen LogP contribution in [0.5, 0.6) is 0 Å². The summed E-state index contributed by atoms with van der Waals surface area (Å²) in [4.78, 5) is 0.